The van der Waals surface area contributed by atoms with Crippen molar-refractivity contribution in [3.63, 3.8) is 0 Å². The lowest BCUT2D eigenvalue weighted by molar-refractivity contribution is -0.0574. The Balaban J connectivity index is 1.59. The zero-order chi connectivity index (χ0) is 25.0. The highest BCUT2D eigenvalue weighted by molar-refractivity contribution is 7.17. The molecule has 7 heteroatoms. The normalized spacial score (nSPS) is 13.0. The number of aromatic nitrogens is 2. The molecule has 184 valence electrons. The maximum absolute atomic E-state index is 13.2. The lowest BCUT2D eigenvalue weighted by Gasteiger charge is -2.27. The Morgan fingerprint density at radius 2 is 1.77 bits per heavy atom. The molecule has 2 aromatic carbocycles. The van der Waals surface area contributed by atoms with Gasteiger partial charge < -0.3 is 14.8 Å². The molecule has 2 N–H and O–H groups in total. The summed E-state index contributed by atoms with van der Waals surface area (Å²) >= 11 is 1.48. The standard InChI is InChI=1S/C28H33N3O3S/c1-19-10-8-9-13-22(19)23-18-35-27-25(23)26(33)29-24(30-27)16-31(14-20-11-6-5-7-12-20)15-21(32)17-34-28(2,3)4/h5-13,18,21,32H,14-17H2,1-4H3,(H,29,30,33). The van der Waals surface area contributed by atoms with Gasteiger partial charge in [-0.2, -0.15) is 0 Å². The van der Waals surface area contributed by atoms with E-state index in [-0.39, 0.29) is 17.8 Å². The molecule has 0 spiro atoms. The van der Waals surface area contributed by atoms with Crippen LogP contribution < -0.4 is 5.56 Å². The summed E-state index contributed by atoms with van der Waals surface area (Å²) in [6, 6.07) is 18.1. The monoisotopic (exact) mass is 491 g/mol. The van der Waals surface area contributed by atoms with Crippen molar-refractivity contribution in [3.05, 3.63) is 87.3 Å². The van der Waals surface area contributed by atoms with E-state index in [4.69, 9.17) is 9.72 Å². The summed E-state index contributed by atoms with van der Waals surface area (Å²) in [4.78, 5) is 23.8. The quantitative estimate of drug-likeness (QED) is 0.339. The molecule has 0 aliphatic carbocycles. The molecule has 2 heterocycles. The molecule has 4 rings (SSSR count). The van der Waals surface area contributed by atoms with Gasteiger partial charge in [-0.3, -0.25) is 9.69 Å². The minimum Gasteiger partial charge on any atom is -0.389 e. The lowest BCUT2D eigenvalue weighted by atomic mass is 10.0. The number of aliphatic hydroxyl groups excluding tert-OH is 1. The van der Waals surface area contributed by atoms with Crippen LogP contribution in [-0.2, 0) is 17.8 Å². The van der Waals surface area contributed by atoms with Crippen LogP contribution in [0.25, 0.3) is 21.3 Å². The Morgan fingerprint density at radius 1 is 1.06 bits per heavy atom. The Kier molecular flexibility index (Phi) is 7.82. The highest BCUT2D eigenvalue weighted by Gasteiger charge is 2.19. The van der Waals surface area contributed by atoms with E-state index >= 15 is 0 Å². The van der Waals surface area contributed by atoms with E-state index < -0.39 is 6.10 Å². The van der Waals surface area contributed by atoms with Crippen molar-refractivity contribution in [1.29, 1.82) is 0 Å². The van der Waals surface area contributed by atoms with Crippen LogP contribution in [0.15, 0.2) is 64.8 Å². The lowest BCUT2D eigenvalue weighted by Crippen LogP contribution is -2.37. The molecule has 0 fully saturated rings. The van der Waals surface area contributed by atoms with Crippen molar-refractivity contribution in [2.75, 3.05) is 13.2 Å². The molecule has 0 aliphatic rings. The fourth-order valence-electron chi connectivity index (χ4n) is 4.08. The number of ether oxygens (including phenoxy) is 1. The minimum absolute atomic E-state index is 0.138. The molecule has 0 amide bonds. The summed E-state index contributed by atoms with van der Waals surface area (Å²) in [7, 11) is 0. The van der Waals surface area contributed by atoms with Gasteiger partial charge in [-0.25, -0.2) is 4.98 Å². The molecule has 35 heavy (non-hydrogen) atoms. The number of nitrogens with zero attached hydrogens (tertiary/aromatic N) is 2. The first-order chi connectivity index (χ1) is 16.7. The molecule has 0 radical (unpaired) electrons. The van der Waals surface area contributed by atoms with Gasteiger partial charge in [0, 0.05) is 24.0 Å². The van der Waals surface area contributed by atoms with Gasteiger partial charge in [0.15, 0.2) is 0 Å². The van der Waals surface area contributed by atoms with E-state index in [1.54, 1.807) is 0 Å². The van der Waals surface area contributed by atoms with Crippen molar-refractivity contribution in [2.45, 2.75) is 52.5 Å². The molecule has 0 saturated carbocycles. The van der Waals surface area contributed by atoms with Gasteiger partial charge >= 0.3 is 0 Å². The summed E-state index contributed by atoms with van der Waals surface area (Å²) in [5.74, 6) is 0.584. The van der Waals surface area contributed by atoms with Gasteiger partial charge in [-0.15, -0.1) is 11.3 Å². The topological polar surface area (TPSA) is 78.5 Å². The maximum atomic E-state index is 13.2. The number of aromatic amines is 1. The van der Waals surface area contributed by atoms with E-state index in [0.29, 0.717) is 30.8 Å². The number of hydrogen-bond donors (Lipinski definition) is 2. The highest BCUT2D eigenvalue weighted by Crippen LogP contribution is 2.32. The van der Waals surface area contributed by atoms with Crippen LogP contribution in [0.3, 0.4) is 0 Å². The smallest absolute Gasteiger partial charge is 0.260 e. The molecule has 0 saturated heterocycles. The zero-order valence-electron chi connectivity index (χ0n) is 20.7. The van der Waals surface area contributed by atoms with Crippen LogP contribution in [0, 0.1) is 6.92 Å². The number of thiophene rings is 1. The maximum Gasteiger partial charge on any atom is 0.260 e. The van der Waals surface area contributed by atoms with Gasteiger partial charge in [0.2, 0.25) is 0 Å². The second kappa shape index (κ2) is 10.8. The van der Waals surface area contributed by atoms with Crippen LogP contribution >= 0.6 is 11.3 Å². The summed E-state index contributed by atoms with van der Waals surface area (Å²) in [5.41, 5.74) is 3.75. The molecular formula is C28H33N3O3S. The first-order valence-electron chi connectivity index (χ1n) is 11.8. The number of hydrogen-bond acceptors (Lipinski definition) is 6. The summed E-state index contributed by atoms with van der Waals surface area (Å²) in [5, 5.41) is 13.3. The molecule has 0 bridgehead atoms. The van der Waals surface area contributed by atoms with Gasteiger partial charge in [0.1, 0.15) is 10.7 Å². The average Bonchev–Trinajstić information content (AvgIpc) is 3.22. The third-order valence-corrected chi connectivity index (χ3v) is 6.60. The average molecular weight is 492 g/mol. The van der Waals surface area contributed by atoms with Crippen LogP contribution in [0.4, 0.5) is 0 Å². The second-order valence-corrected chi connectivity index (χ2v) is 10.7. The number of nitrogens with one attached hydrogen (secondary N) is 1. The number of aryl methyl sites for hydroxylation is 1. The molecule has 6 nitrogen and oxygen atoms in total. The van der Waals surface area contributed by atoms with Crippen LogP contribution in [-0.4, -0.2) is 44.8 Å². The van der Waals surface area contributed by atoms with Crippen LogP contribution in [0.2, 0.25) is 0 Å². The minimum atomic E-state index is -0.664. The molecule has 1 unspecified atom stereocenters. The summed E-state index contributed by atoms with van der Waals surface area (Å²) in [6.45, 7) is 9.62. The fourth-order valence-corrected chi connectivity index (χ4v) is 5.03. The van der Waals surface area contributed by atoms with Crippen molar-refractivity contribution < 1.29 is 9.84 Å². The summed E-state index contributed by atoms with van der Waals surface area (Å²) < 4.78 is 5.78. The van der Waals surface area contributed by atoms with Crippen molar-refractivity contribution in [3.8, 4) is 11.1 Å². The third-order valence-electron chi connectivity index (χ3n) is 5.73. The third kappa shape index (κ3) is 6.64. The van der Waals surface area contributed by atoms with E-state index in [2.05, 4.69) is 22.0 Å². The number of benzene rings is 2. The van der Waals surface area contributed by atoms with Crippen molar-refractivity contribution in [2.24, 2.45) is 0 Å². The Hall–Kier alpha value is -2.84. The molecular weight excluding hydrogens is 458 g/mol. The largest absolute Gasteiger partial charge is 0.389 e. The van der Waals surface area contributed by atoms with E-state index in [0.717, 1.165) is 27.1 Å². The fraction of sp³-hybridized carbons (Fsp3) is 0.357. The van der Waals surface area contributed by atoms with E-state index in [1.165, 1.54) is 11.3 Å². The Morgan fingerprint density at radius 3 is 2.49 bits per heavy atom. The Labute approximate surface area is 210 Å². The van der Waals surface area contributed by atoms with Crippen molar-refractivity contribution in [1.82, 2.24) is 14.9 Å². The molecule has 0 aliphatic heterocycles. The predicted molar refractivity (Wildman–Crippen MR) is 143 cm³/mol. The molecule has 2 aromatic heterocycles. The highest BCUT2D eigenvalue weighted by atomic mass is 32.1. The molecule has 1 atom stereocenters. The number of rotatable bonds is 9. The van der Waals surface area contributed by atoms with Crippen LogP contribution in [0.1, 0.15) is 37.7 Å². The van der Waals surface area contributed by atoms with Crippen molar-refractivity contribution >= 4 is 21.6 Å². The second-order valence-electron chi connectivity index (χ2n) is 9.89. The number of aliphatic hydroxyl groups is 1. The van der Waals surface area contributed by atoms with Crippen LogP contribution in [0.5, 0.6) is 0 Å². The van der Waals surface area contributed by atoms with Gasteiger partial charge in [-0.1, -0.05) is 54.6 Å². The number of fused-ring (bicyclic) bond motifs is 1. The predicted octanol–water partition coefficient (Wildman–Crippen LogP) is 5.14. The van der Waals surface area contributed by atoms with E-state index in [9.17, 15) is 9.90 Å². The van der Waals surface area contributed by atoms with Gasteiger partial charge in [0.05, 0.1) is 30.2 Å². The first-order valence-corrected chi connectivity index (χ1v) is 12.7. The van der Waals surface area contributed by atoms with Gasteiger partial charge in [-0.05, 0) is 44.4 Å². The molecule has 4 aromatic rings. The zero-order valence-corrected chi connectivity index (χ0v) is 21.6. The SMILES string of the molecule is Cc1ccccc1-c1csc2nc(CN(Cc3ccccc3)CC(O)COC(C)(C)C)[nH]c(=O)c12. The van der Waals surface area contributed by atoms with Gasteiger partial charge in [0.25, 0.3) is 5.56 Å². The first kappa shape index (κ1) is 25.3. The number of H-pyrrole nitrogens is 1. The Bertz CT molecular complexity index is 1320. The summed E-state index contributed by atoms with van der Waals surface area (Å²) in [6.07, 6.45) is -0.664. The van der Waals surface area contributed by atoms with E-state index in [1.807, 2.05) is 75.5 Å².